The van der Waals surface area contributed by atoms with Crippen molar-refractivity contribution < 1.29 is 18.7 Å². The molecule has 1 aliphatic heterocycles. The summed E-state index contributed by atoms with van der Waals surface area (Å²) in [6, 6.07) is 20.9. The molecule has 5 aromatic rings. The van der Waals surface area contributed by atoms with Gasteiger partial charge in [-0.2, -0.15) is 0 Å². The fourth-order valence-corrected chi connectivity index (χ4v) is 6.31. The number of nitrogens with zero attached hydrogens (tertiary/aromatic N) is 4. The molecule has 0 bridgehead atoms. The molecule has 43 heavy (non-hydrogen) atoms. The SMILES string of the molecule is COc1ccc(Cn2c(-c3ccc(F)cc3OC)nc3sc(N4CCCC4C(=O)NCc4ccccc4)nc3c2=O)cc1. The van der Waals surface area contributed by atoms with E-state index in [-0.39, 0.29) is 29.3 Å². The molecule has 1 fully saturated rings. The highest BCUT2D eigenvalue weighted by atomic mass is 32.1. The zero-order chi connectivity index (χ0) is 29.9. The summed E-state index contributed by atoms with van der Waals surface area (Å²) in [6.45, 7) is 1.27. The first-order valence-electron chi connectivity index (χ1n) is 13.9. The van der Waals surface area contributed by atoms with E-state index in [1.807, 2.05) is 59.5 Å². The van der Waals surface area contributed by atoms with Gasteiger partial charge in [-0.05, 0) is 48.2 Å². The molecule has 1 atom stereocenters. The summed E-state index contributed by atoms with van der Waals surface area (Å²) < 4.78 is 26.4. The lowest BCUT2D eigenvalue weighted by atomic mass is 10.1. The van der Waals surface area contributed by atoms with E-state index in [0.29, 0.717) is 46.6 Å². The molecule has 3 aromatic carbocycles. The number of hydrogen-bond donors (Lipinski definition) is 1. The van der Waals surface area contributed by atoms with E-state index in [2.05, 4.69) is 5.32 Å². The molecule has 2 aromatic heterocycles. The van der Waals surface area contributed by atoms with Gasteiger partial charge in [-0.3, -0.25) is 14.2 Å². The Hall–Kier alpha value is -4.77. The third-order valence-corrected chi connectivity index (χ3v) is 8.51. The molecule has 1 amide bonds. The second-order valence-electron chi connectivity index (χ2n) is 10.2. The highest BCUT2D eigenvalue weighted by Crippen LogP contribution is 2.35. The number of nitrogens with one attached hydrogen (secondary N) is 1. The van der Waals surface area contributed by atoms with Gasteiger partial charge in [0.2, 0.25) is 5.91 Å². The molecular weight excluding hydrogens is 569 g/mol. The second-order valence-corrected chi connectivity index (χ2v) is 11.2. The van der Waals surface area contributed by atoms with Crippen molar-refractivity contribution in [3.8, 4) is 22.9 Å². The van der Waals surface area contributed by atoms with Crippen molar-refractivity contribution in [3.63, 3.8) is 0 Å². The van der Waals surface area contributed by atoms with Gasteiger partial charge in [0.1, 0.15) is 29.2 Å². The molecule has 1 N–H and O–H groups in total. The van der Waals surface area contributed by atoms with Gasteiger partial charge in [0.15, 0.2) is 15.5 Å². The van der Waals surface area contributed by atoms with Crippen LogP contribution in [0.15, 0.2) is 77.6 Å². The van der Waals surface area contributed by atoms with Crippen LogP contribution in [-0.4, -0.2) is 47.2 Å². The lowest BCUT2D eigenvalue weighted by molar-refractivity contribution is -0.122. The number of hydrogen-bond acceptors (Lipinski definition) is 8. The minimum absolute atomic E-state index is 0.0813. The summed E-state index contributed by atoms with van der Waals surface area (Å²) in [4.78, 5) is 39.3. The van der Waals surface area contributed by atoms with E-state index in [9.17, 15) is 14.0 Å². The van der Waals surface area contributed by atoms with Crippen LogP contribution in [0.25, 0.3) is 21.7 Å². The Balaban J connectivity index is 1.39. The third kappa shape index (κ3) is 5.80. The zero-order valence-corrected chi connectivity index (χ0v) is 24.6. The third-order valence-electron chi connectivity index (χ3n) is 7.52. The van der Waals surface area contributed by atoms with Crippen LogP contribution in [0.2, 0.25) is 0 Å². The molecule has 1 saturated heterocycles. The standard InChI is InChI=1S/C32H30FN5O4S/c1-41-23-13-10-21(11-14-23)19-38-28(24-15-12-22(33)17-26(24)42-2)36-30-27(31(38)40)35-32(43-30)37-16-6-9-25(37)29(39)34-18-20-7-4-3-5-8-20/h3-5,7-8,10-15,17,25H,6,9,16,18-19H2,1-2H3,(H,34,39). The van der Waals surface area contributed by atoms with Crippen molar-refractivity contribution in [1.29, 1.82) is 0 Å². The van der Waals surface area contributed by atoms with Crippen LogP contribution >= 0.6 is 11.3 Å². The van der Waals surface area contributed by atoms with Crippen LogP contribution < -0.4 is 25.2 Å². The van der Waals surface area contributed by atoms with Crippen LogP contribution in [0.5, 0.6) is 11.5 Å². The Morgan fingerprint density at radius 2 is 1.81 bits per heavy atom. The van der Waals surface area contributed by atoms with Crippen LogP contribution in [0.4, 0.5) is 9.52 Å². The van der Waals surface area contributed by atoms with Crippen LogP contribution in [0.1, 0.15) is 24.0 Å². The van der Waals surface area contributed by atoms with Crippen molar-refractivity contribution in [2.45, 2.75) is 32.0 Å². The highest BCUT2D eigenvalue weighted by Gasteiger charge is 2.33. The largest absolute Gasteiger partial charge is 0.497 e. The Labute approximate surface area is 251 Å². The van der Waals surface area contributed by atoms with Gasteiger partial charge in [-0.1, -0.05) is 53.8 Å². The van der Waals surface area contributed by atoms with E-state index in [1.165, 1.54) is 35.1 Å². The number of carbonyl (C=O) groups is 1. The molecule has 6 rings (SSSR count). The molecule has 220 valence electrons. The summed E-state index contributed by atoms with van der Waals surface area (Å²) in [5.74, 6) is 0.744. The van der Waals surface area contributed by atoms with E-state index in [4.69, 9.17) is 19.4 Å². The smallest absolute Gasteiger partial charge is 0.281 e. The average molecular weight is 600 g/mol. The zero-order valence-electron chi connectivity index (χ0n) is 23.7. The molecule has 3 heterocycles. The maximum atomic E-state index is 14.1. The number of carbonyl (C=O) groups excluding carboxylic acids is 1. The molecule has 11 heteroatoms. The number of amides is 1. The highest BCUT2D eigenvalue weighted by molar-refractivity contribution is 7.21. The molecule has 1 unspecified atom stereocenters. The van der Waals surface area contributed by atoms with E-state index in [0.717, 1.165) is 17.5 Å². The maximum Gasteiger partial charge on any atom is 0.281 e. The number of benzene rings is 3. The summed E-state index contributed by atoms with van der Waals surface area (Å²) >= 11 is 1.27. The lowest BCUT2D eigenvalue weighted by Gasteiger charge is -2.23. The first-order valence-corrected chi connectivity index (χ1v) is 14.7. The second kappa shape index (κ2) is 12.2. The molecule has 0 spiro atoms. The molecule has 0 aliphatic carbocycles. The minimum Gasteiger partial charge on any atom is -0.497 e. The van der Waals surface area contributed by atoms with Crippen molar-refractivity contribution in [2.75, 3.05) is 25.7 Å². The molecule has 9 nitrogen and oxygen atoms in total. The number of ether oxygens (including phenoxy) is 2. The average Bonchev–Trinajstić information content (AvgIpc) is 3.70. The summed E-state index contributed by atoms with van der Waals surface area (Å²) in [7, 11) is 3.04. The Bertz CT molecular complexity index is 1820. The predicted molar refractivity (Wildman–Crippen MR) is 164 cm³/mol. The van der Waals surface area contributed by atoms with Gasteiger partial charge >= 0.3 is 0 Å². The minimum atomic E-state index is -0.462. The Morgan fingerprint density at radius 3 is 2.56 bits per heavy atom. The van der Waals surface area contributed by atoms with E-state index < -0.39 is 11.9 Å². The van der Waals surface area contributed by atoms with Gasteiger partial charge in [-0.15, -0.1) is 0 Å². The predicted octanol–water partition coefficient (Wildman–Crippen LogP) is 5.01. The maximum absolute atomic E-state index is 14.1. The fraction of sp³-hybridized carbons (Fsp3) is 0.250. The monoisotopic (exact) mass is 599 g/mol. The van der Waals surface area contributed by atoms with E-state index >= 15 is 0 Å². The molecule has 0 radical (unpaired) electrons. The number of rotatable bonds is 9. The van der Waals surface area contributed by atoms with Crippen molar-refractivity contribution in [1.82, 2.24) is 19.9 Å². The van der Waals surface area contributed by atoms with Crippen molar-refractivity contribution >= 4 is 32.7 Å². The van der Waals surface area contributed by atoms with Gasteiger partial charge in [0.05, 0.1) is 26.3 Å². The lowest BCUT2D eigenvalue weighted by Crippen LogP contribution is -2.43. The number of aromatic nitrogens is 3. The van der Waals surface area contributed by atoms with Crippen molar-refractivity contribution in [2.24, 2.45) is 0 Å². The quantitative estimate of drug-likeness (QED) is 0.254. The number of thiazole rings is 1. The number of fused-ring (bicyclic) bond motifs is 1. The van der Waals surface area contributed by atoms with Gasteiger partial charge in [0, 0.05) is 19.2 Å². The first-order chi connectivity index (χ1) is 20.9. The van der Waals surface area contributed by atoms with Crippen molar-refractivity contribution in [3.05, 3.63) is 100 Å². The van der Waals surface area contributed by atoms with Crippen LogP contribution in [0, 0.1) is 5.82 Å². The summed E-state index contributed by atoms with van der Waals surface area (Å²) in [6.07, 6.45) is 1.51. The van der Waals surface area contributed by atoms with Crippen LogP contribution in [-0.2, 0) is 17.9 Å². The Kier molecular flexibility index (Phi) is 8.06. The Morgan fingerprint density at radius 1 is 1.02 bits per heavy atom. The fourth-order valence-electron chi connectivity index (χ4n) is 5.31. The summed E-state index contributed by atoms with van der Waals surface area (Å²) in [5, 5.41) is 3.61. The number of methoxy groups -OCH3 is 2. The molecular formula is C32H30FN5O4S. The summed E-state index contributed by atoms with van der Waals surface area (Å²) in [5.41, 5.74) is 2.22. The normalized spacial score (nSPS) is 14.7. The molecule has 0 saturated carbocycles. The van der Waals surface area contributed by atoms with Gasteiger partial charge < -0.3 is 19.7 Å². The molecule has 1 aliphatic rings. The number of anilines is 1. The van der Waals surface area contributed by atoms with Gasteiger partial charge in [0.25, 0.3) is 5.56 Å². The topological polar surface area (TPSA) is 98.6 Å². The number of halogens is 1. The van der Waals surface area contributed by atoms with E-state index in [1.54, 1.807) is 13.2 Å². The van der Waals surface area contributed by atoms with Crippen LogP contribution in [0.3, 0.4) is 0 Å². The van der Waals surface area contributed by atoms with Gasteiger partial charge in [-0.25, -0.2) is 14.4 Å². The first kappa shape index (κ1) is 28.4.